The van der Waals surface area contributed by atoms with Gasteiger partial charge >= 0.3 is 5.97 Å². The van der Waals surface area contributed by atoms with E-state index >= 15 is 0 Å². The minimum absolute atomic E-state index is 0.250. The molecule has 0 aliphatic heterocycles. The Balaban J connectivity index is 1.64. The van der Waals surface area contributed by atoms with E-state index in [9.17, 15) is 4.79 Å². The molecule has 1 aromatic carbocycles. The summed E-state index contributed by atoms with van der Waals surface area (Å²) in [6.07, 6.45) is 3.22. The number of carbonyl (C=O) groups is 1. The maximum Gasteiger partial charge on any atom is 0.303 e. The molecule has 0 aromatic heterocycles. The summed E-state index contributed by atoms with van der Waals surface area (Å²) in [6.45, 7) is 0.796. The molecule has 0 atom stereocenters. The number of hydrogen-bond acceptors (Lipinski definition) is 2. The fourth-order valence-electron chi connectivity index (χ4n) is 2.34. The molecular formula is C14H18ClNO2. The third kappa shape index (κ3) is 3.72. The van der Waals surface area contributed by atoms with E-state index in [2.05, 4.69) is 17.4 Å². The Hall–Kier alpha value is -1.06. The summed E-state index contributed by atoms with van der Waals surface area (Å²) < 4.78 is 0. The molecule has 0 bridgehead atoms. The molecule has 1 fully saturated rings. The van der Waals surface area contributed by atoms with Crippen LogP contribution in [0.15, 0.2) is 24.3 Å². The summed E-state index contributed by atoms with van der Waals surface area (Å²) in [5.41, 5.74) is 1.35. The number of aliphatic carboxylic acids is 1. The summed E-state index contributed by atoms with van der Waals surface area (Å²) in [5, 5.41) is 12.7. The first-order valence-electron chi connectivity index (χ1n) is 6.36. The van der Waals surface area contributed by atoms with Gasteiger partial charge in [0.1, 0.15) is 0 Å². The Bertz CT molecular complexity index is 399. The average molecular weight is 268 g/mol. The van der Waals surface area contributed by atoms with E-state index in [0.717, 1.165) is 24.4 Å². The van der Waals surface area contributed by atoms with E-state index in [0.29, 0.717) is 18.4 Å². The summed E-state index contributed by atoms with van der Waals surface area (Å²) >= 11 is 5.86. The van der Waals surface area contributed by atoms with E-state index in [1.54, 1.807) is 0 Å². The van der Waals surface area contributed by atoms with Crippen molar-refractivity contribution in [3.05, 3.63) is 34.9 Å². The lowest BCUT2D eigenvalue weighted by Gasteiger charge is -2.36. The highest BCUT2D eigenvalue weighted by Gasteiger charge is 2.29. The molecule has 0 saturated heterocycles. The second kappa shape index (κ2) is 6.21. The molecule has 2 rings (SSSR count). The Morgan fingerprint density at radius 3 is 2.61 bits per heavy atom. The van der Waals surface area contributed by atoms with Crippen molar-refractivity contribution in [3.63, 3.8) is 0 Å². The zero-order valence-corrected chi connectivity index (χ0v) is 11.0. The third-order valence-electron chi connectivity index (χ3n) is 3.48. The molecule has 1 aliphatic carbocycles. The number of nitrogens with one attached hydrogen (secondary N) is 1. The van der Waals surface area contributed by atoms with Gasteiger partial charge in [0.15, 0.2) is 0 Å². The van der Waals surface area contributed by atoms with Gasteiger partial charge in [0, 0.05) is 17.5 Å². The fourth-order valence-corrected chi connectivity index (χ4v) is 2.46. The minimum atomic E-state index is -0.718. The Morgan fingerprint density at radius 2 is 2.00 bits per heavy atom. The van der Waals surface area contributed by atoms with Crippen LogP contribution in [0.4, 0.5) is 0 Å². The molecule has 0 radical (unpaired) electrons. The molecule has 18 heavy (non-hydrogen) atoms. The van der Waals surface area contributed by atoms with Crippen molar-refractivity contribution >= 4 is 17.6 Å². The maximum absolute atomic E-state index is 10.4. The molecule has 4 heteroatoms. The number of hydrogen-bond donors (Lipinski definition) is 2. The van der Waals surface area contributed by atoms with Crippen LogP contribution in [-0.4, -0.2) is 23.7 Å². The first kappa shape index (κ1) is 13.4. The summed E-state index contributed by atoms with van der Waals surface area (Å²) in [5.74, 6) is -0.0938. The SMILES string of the molecule is O=C(O)CCCNC1CC(c2ccc(Cl)cc2)C1. The molecule has 0 amide bonds. The van der Waals surface area contributed by atoms with E-state index in [4.69, 9.17) is 16.7 Å². The van der Waals surface area contributed by atoms with Gasteiger partial charge in [-0.05, 0) is 49.4 Å². The lowest BCUT2D eigenvalue weighted by Crippen LogP contribution is -2.40. The van der Waals surface area contributed by atoms with Crippen LogP contribution < -0.4 is 5.32 Å². The number of rotatable bonds is 6. The second-order valence-corrected chi connectivity index (χ2v) is 5.30. The van der Waals surface area contributed by atoms with Crippen LogP contribution in [0.1, 0.15) is 37.2 Å². The van der Waals surface area contributed by atoms with Crippen molar-refractivity contribution in [2.24, 2.45) is 0 Å². The fraction of sp³-hybridized carbons (Fsp3) is 0.500. The topological polar surface area (TPSA) is 49.3 Å². The Labute approximate surface area is 112 Å². The highest BCUT2D eigenvalue weighted by Crippen LogP contribution is 2.37. The van der Waals surface area contributed by atoms with E-state index in [1.165, 1.54) is 5.56 Å². The van der Waals surface area contributed by atoms with Crippen molar-refractivity contribution in [1.29, 1.82) is 0 Å². The molecule has 0 unspecified atom stereocenters. The lowest BCUT2D eigenvalue weighted by atomic mass is 9.76. The predicted molar refractivity (Wildman–Crippen MR) is 72.1 cm³/mol. The second-order valence-electron chi connectivity index (χ2n) is 4.87. The normalized spacial score (nSPS) is 22.5. The monoisotopic (exact) mass is 267 g/mol. The van der Waals surface area contributed by atoms with Gasteiger partial charge in [-0.2, -0.15) is 0 Å². The predicted octanol–water partition coefficient (Wildman–Crippen LogP) is 3.04. The van der Waals surface area contributed by atoms with Crippen molar-refractivity contribution in [2.75, 3.05) is 6.54 Å². The van der Waals surface area contributed by atoms with Crippen molar-refractivity contribution in [3.8, 4) is 0 Å². The van der Waals surface area contributed by atoms with Crippen molar-refractivity contribution < 1.29 is 9.90 Å². The van der Waals surface area contributed by atoms with Crippen LogP contribution in [0.5, 0.6) is 0 Å². The smallest absolute Gasteiger partial charge is 0.303 e. The van der Waals surface area contributed by atoms with Crippen LogP contribution in [0.2, 0.25) is 5.02 Å². The third-order valence-corrected chi connectivity index (χ3v) is 3.73. The van der Waals surface area contributed by atoms with Gasteiger partial charge < -0.3 is 10.4 Å². The van der Waals surface area contributed by atoms with Gasteiger partial charge in [0.2, 0.25) is 0 Å². The zero-order chi connectivity index (χ0) is 13.0. The van der Waals surface area contributed by atoms with Crippen molar-refractivity contribution in [1.82, 2.24) is 5.32 Å². The van der Waals surface area contributed by atoms with Gasteiger partial charge in [-0.15, -0.1) is 0 Å². The molecule has 1 aliphatic rings. The van der Waals surface area contributed by atoms with Gasteiger partial charge in [-0.25, -0.2) is 0 Å². The number of carboxylic acids is 1. The Kier molecular flexibility index (Phi) is 4.61. The first-order chi connectivity index (χ1) is 8.65. The highest BCUT2D eigenvalue weighted by atomic mass is 35.5. The minimum Gasteiger partial charge on any atom is -0.481 e. The largest absolute Gasteiger partial charge is 0.481 e. The van der Waals surface area contributed by atoms with E-state index < -0.39 is 5.97 Å². The standard InChI is InChI=1S/C14H18ClNO2/c15-12-5-3-10(4-6-12)11-8-13(9-11)16-7-1-2-14(17)18/h3-6,11,13,16H,1-2,7-9H2,(H,17,18). The zero-order valence-electron chi connectivity index (χ0n) is 10.2. The summed E-state index contributed by atoms with van der Waals surface area (Å²) in [6, 6.07) is 8.59. The molecule has 2 N–H and O–H groups in total. The lowest BCUT2D eigenvalue weighted by molar-refractivity contribution is -0.137. The molecule has 0 spiro atoms. The molecule has 98 valence electrons. The molecule has 3 nitrogen and oxygen atoms in total. The quantitative estimate of drug-likeness (QED) is 0.779. The van der Waals surface area contributed by atoms with E-state index in [-0.39, 0.29) is 6.42 Å². The number of benzene rings is 1. The number of halogens is 1. The molecule has 1 saturated carbocycles. The summed E-state index contributed by atoms with van der Waals surface area (Å²) in [7, 11) is 0. The Morgan fingerprint density at radius 1 is 1.33 bits per heavy atom. The molecular weight excluding hydrogens is 250 g/mol. The van der Waals surface area contributed by atoms with Crippen LogP contribution in [0, 0.1) is 0 Å². The van der Waals surface area contributed by atoms with Crippen LogP contribution >= 0.6 is 11.6 Å². The molecule has 1 aromatic rings. The van der Waals surface area contributed by atoms with Gasteiger partial charge in [-0.3, -0.25) is 4.79 Å². The highest BCUT2D eigenvalue weighted by molar-refractivity contribution is 6.30. The van der Waals surface area contributed by atoms with Crippen LogP contribution in [-0.2, 0) is 4.79 Å². The maximum atomic E-state index is 10.4. The van der Waals surface area contributed by atoms with Gasteiger partial charge in [-0.1, -0.05) is 23.7 Å². The van der Waals surface area contributed by atoms with E-state index in [1.807, 2.05) is 12.1 Å². The van der Waals surface area contributed by atoms with Gasteiger partial charge in [0.25, 0.3) is 0 Å². The average Bonchev–Trinajstić information content (AvgIpc) is 2.28. The molecule has 0 heterocycles. The number of carboxylic acid groups (broad SMARTS) is 1. The van der Waals surface area contributed by atoms with Crippen LogP contribution in [0.3, 0.4) is 0 Å². The van der Waals surface area contributed by atoms with Crippen LogP contribution in [0.25, 0.3) is 0 Å². The first-order valence-corrected chi connectivity index (χ1v) is 6.73. The van der Waals surface area contributed by atoms with Gasteiger partial charge in [0.05, 0.1) is 0 Å². The van der Waals surface area contributed by atoms with Crippen molar-refractivity contribution in [2.45, 2.75) is 37.6 Å². The summed E-state index contributed by atoms with van der Waals surface area (Å²) in [4.78, 5) is 10.4.